The molecule has 38 heavy (non-hydrogen) atoms. The van der Waals surface area contributed by atoms with Gasteiger partial charge in [-0.1, -0.05) is 56.3 Å². The minimum absolute atomic E-state index is 0.111. The summed E-state index contributed by atoms with van der Waals surface area (Å²) < 4.78 is 10.9. The number of ether oxygens (including phenoxy) is 2. The first-order chi connectivity index (χ1) is 18.4. The second kappa shape index (κ2) is 14.7. The van der Waals surface area contributed by atoms with Crippen LogP contribution in [0.4, 0.5) is 11.6 Å². The predicted octanol–water partition coefficient (Wildman–Crippen LogP) is 6.46. The molecule has 3 rings (SSSR count). The number of aromatic nitrogens is 2. The van der Waals surface area contributed by atoms with Crippen LogP contribution in [0.25, 0.3) is 5.57 Å². The van der Waals surface area contributed by atoms with E-state index in [4.69, 9.17) is 15.2 Å². The number of para-hydroxylation sites is 1. The topological polar surface area (TPSA) is 90.6 Å². The summed E-state index contributed by atoms with van der Waals surface area (Å²) >= 11 is 0. The van der Waals surface area contributed by atoms with Gasteiger partial charge in [0.15, 0.2) is 5.78 Å². The number of benzene rings is 2. The first-order valence-corrected chi connectivity index (χ1v) is 13.0. The molecular weight excluding hydrogens is 476 g/mol. The normalized spacial score (nSPS) is 11.9. The van der Waals surface area contributed by atoms with E-state index in [1.807, 2.05) is 61.6 Å². The molecule has 1 aromatic heterocycles. The fraction of sp³-hybridized carbons (Fsp3) is 0.323. The van der Waals surface area contributed by atoms with Crippen molar-refractivity contribution in [3.63, 3.8) is 0 Å². The van der Waals surface area contributed by atoms with Gasteiger partial charge in [-0.15, -0.1) is 0 Å². The van der Waals surface area contributed by atoms with E-state index in [0.29, 0.717) is 24.4 Å². The lowest BCUT2D eigenvalue weighted by atomic mass is 9.98. The summed E-state index contributed by atoms with van der Waals surface area (Å²) in [5, 5.41) is 0. The van der Waals surface area contributed by atoms with Crippen molar-refractivity contribution < 1.29 is 14.3 Å². The van der Waals surface area contributed by atoms with Gasteiger partial charge in [0, 0.05) is 26.6 Å². The Hall–Kier alpha value is -3.97. The Labute approximate surface area is 226 Å². The molecule has 1 atom stereocenters. The zero-order chi connectivity index (χ0) is 27.3. The molecule has 0 saturated carbocycles. The average molecular weight is 515 g/mol. The number of hydrogen-bond donors (Lipinski definition) is 1. The van der Waals surface area contributed by atoms with Gasteiger partial charge in [0.1, 0.15) is 29.5 Å². The predicted molar refractivity (Wildman–Crippen MR) is 155 cm³/mol. The van der Waals surface area contributed by atoms with Gasteiger partial charge in [-0.2, -0.15) is 0 Å². The molecule has 0 aliphatic heterocycles. The van der Waals surface area contributed by atoms with Gasteiger partial charge in [0.25, 0.3) is 0 Å². The molecule has 0 aliphatic rings. The van der Waals surface area contributed by atoms with Gasteiger partial charge < -0.3 is 20.1 Å². The molecule has 0 saturated heterocycles. The minimum Gasteiger partial charge on any atom is -0.457 e. The Kier molecular flexibility index (Phi) is 11.1. The molecule has 1 heterocycles. The van der Waals surface area contributed by atoms with Gasteiger partial charge in [-0.05, 0) is 60.7 Å². The largest absolute Gasteiger partial charge is 0.457 e. The number of nitrogens with two attached hydrogens (primary N) is 1. The fourth-order valence-electron chi connectivity index (χ4n) is 4.35. The standard InChI is InChI=1S/C31H38N4O3/c1-5-11-25(12-9-13-26(36)14-10-21-37-4)35(3)31-29(30(32)33-22-34-31)23(2)24-17-19-28(20-18-24)38-27-15-7-6-8-16-27/h6-8,10,14-20,22,25H,2,5,9,11-13,21H2,1,3-4H3,(H2,32,33,34)/b14-10+. The Bertz CT molecular complexity index is 1210. The SMILES string of the molecule is C=C(c1ccc(Oc2ccccc2)cc1)c1c(N)ncnc1N(C)C(CCC)CCCC(=O)/C=C/COC. The molecule has 0 aliphatic carbocycles. The number of anilines is 2. The first-order valence-electron chi connectivity index (χ1n) is 13.0. The second-order valence-electron chi connectivity index (χ2n) is 9.15. The summed E-state index contributed by atoms with van der Waals surface area (Å²) in [6.07, 6.45) is 8.95. The molecular formula is C31H38N4O3. The van der Waals surface area contributed by atoms with E-state index in [9.17, 15) is 4.79 Å². The highest BCUT2D eigenvalue weighted by Crippen LogP contribution is 2.35. The van der Waals surface area contributed by atoms with Crippen LogP contribution < -0.4 is 15.4 Å². The smallest absolute Gasteiger partial charge is 0.155 e. The molecule has 0 bridgehead atoms. The summed E-state index contributed by atoms with van der Waals surface area (Å²) in [6, 6.07) is 17.6. The van der Waals surface area contributed by atoms with Crippen LogP contribution in [-0.4, -0.2) is 42.6 Å². The third kappa shape index (κ3) is 8.02. The Morgan fingerprint density at radius 1 is 1.08 bits per heavy atom. The Morgan fingerprint density at radius 3 is 2.47 bits per heavy atom. The molecule has 200 valence electrons. The zero-order valence-corrected chi connectivity index (χ0v) is 22.6. The van der Waals surface area contributed by atoms with Crippen LogP contribution in [0, 0.1) is 0 Å². The Balaban J connectivity index is 1.75. The molecule has 7 nitrogen and oxygen atoms in total. The van der Waals surface area contributed by atoms with Gasteiger partial charge in [-0.3, -0.25) is 4.79 Å². The summed E-state index contributed by atoms with van der Waals surface area (Å²) in [5.74, 6) is 2.73. The summed E-state index contributed by atoms with van der Waals surface area (Å²) in [7, 11) is 3.63. The number of hydrogen-bond acceptors (Lipinski definition) is 7. The highest BCUT2D eigenvalue weighted by atomic mass is 16.5. The number of carbonyl (C=O) groups excluding carboxylic acids is 1. The summed E-state index contributed by atoms with van der Waals surface area (Å²) in [4.78, 5) is 23.2. The van der Waals surface area contributed by atoms with Crippen LogP contribution >= 0.6 is 0 Å². The third-order valence-electron chi connectivity index (χ3n) is 6.37. The van der Waals surface area contributed by atoms with Gasteiger partial charge in [0.2, 0.25) is 0 Å². The van der Waals surface area contributed by atoms with E-state index < -0.39 is 0 Å². The third-order valence-corrected chi connectivity index (χ3v) is 6.37. The number of ketones is 1. The van der Waals surface area contributed by atoms with E-state index in [2.05, 4.69) is 28.4 Å². The van der Waals surface area contributed by atoms with Gasteiger partial charge in [0.05, 0.1) is 12.2 Å². The van der Waals surface area contributed by atoms with Gasteiger partial charge in [-0.25, -0.2) is 9.97 Å². The highest BCUT2D eigenvalue weighted by molar-refractivity contribution is 5.90. The maximum absolute atomic E-state index is 12.2. The van der Waals surface area contributed by atoms with Crippen molar-refractivity contribution in [1.29, 1.82) is 0 Å². The maximum Gasteiger partial charge on any atom is 0.155 e. The van der Waals surface area contributed by atoms with E-state index in [0.717, 1.165) is 54.1 Å². The molecule has 2 aromatic carbocycles. The molecule has 0 spiro atoms. The molecule has 1 unspecified atom stereocenters. The lowest BCUT2D eigenvalue weighted by Gasteiger charge is -2.31. The number of allylic oxidation sites excluding steroid dienone is 1. The quantitative estimate of drug-likeness (QED) is 0.233. The molecule has 0 fully saturated rings. The van der Waals surface area contributed by atoms with Crippen molar-refractivity contribution in [2.24, 2.45) is 0 Å². The van der Waals surface area contributed by atoms with E-state index in [1.165, 1.54) is 6.33 Å². The first kappa shape index (κ1) is 28.6. The van der Waals surface area contributed by atoms with Crippen LogP contribution in [0.15, 0.2) is 79.7 Å². The minimum atomic E-state index is 0.111. The number of nitrogens with zero attached hydrogens (tertiary/aromatic N) is 3. The highest BCUT2D eigenvalue weighted by Gasteiger charge is 2.22. The monoisotopic (exact) mass is 514 g/mol. The van der Waals surface area contributed by atoms with Gasteiger partial charge >= 0.3 is 0 Å². The van der Waals surface area contributed by atoms with E-state index >= 15 is 0 Å². The number of nitrogen functional groups attached to an aromatic ring is 1. The summed E-state index contributed by atoms with van der Waals surface area (Å²) in [5.41, 5.74) is 8.74. The fourth-order valence-corrected chi connectivity index (χ4v) is 4.35. The van der Waals surface area contributed by atoms with Crippen molar-refractivity contribution in [1.82, 2.24) is 9.97 Å². The maximum atomic E-state index is 12.2. The van der Waals surface area contributed by atoms with Crippen molar-refractivity contribution in [3.8, 4) is 11.5 Å². The van der Waals surface area contributed by atoms with Crippen LogP contribution in [0.1, 0.15) is 50.2 Å². The van der Waals surface area contributed by atoms with Crippen LogP contribution in [0.3, 0.4) is 0 Å². The number of carbonyl (C=O) groups is 1. The lowest BCUT2D eigenvalue weighted by Crippen LogP contribution is -2.33. The molecule has 2 N–H and O–H groups in total. The summed E-state index contributed by atoms with van der Waals surface area (Å²) in [6.45, 7) is 6.95. The van der Waals surface area contributed by atoms with Crippen LogP contribution in [0.2, 0.25) is 0 Å². The van der Waals surface area contributed by atoms with Crippen molar-refractivity contribution in [2.75, 3.05) is 31.4 Å². The molecule has 3 aromatic rings. The van der Waals surface area contributed by atoms with Crippen LogP contribution in [-0.2, 0) is 9.53 Å². The van der Waals surface area contributed by atoms with Crippen LogP contribution in [0.5, 0.6) is 11.5 Å². The lowest BCUT2D eigenvalue weighted by molar-refractivity contribution is -0.114. The molecule has 7 heteroatoms. The van der Waals surface area contributed by atoms with E-state index in [1.54, 1.807) is 19.3 Å². The van der Waals surface area contributed by atoms with Crippen molar-refractivity contribution in [2.45, 2.75) is 45.1 Å². The van der Waals surface area contributed by atoms with Crippen molar-refractivity contribution in [3.05, 3.63) is 90.8 Å². The number of methoxy groups -OCH3 is 1. The number of rotatable bonds is 15. The molecule has 0 radical (unpaired) electrons. The van der Waals surface area contributed by atoms with Crippen molar-refractivity contribution >= 4 is 23.0 Å². The second-order valence-corrected chi connectivity index (χ2v) is 9.15. The molecule has 0 amide bonds. The van der Waals surface area contributed by atoms with E-state index in [-0.39, 0.29) is 11.8 Å². The average Bonchev–Trinajstić information content (AvgIpc) is 2.93. The zero-order valence-electron chi connectivity index (χ0n) is 22.6. The Morgan fingerprint density at radius 2 is 1.79 bits per heavy atom.